The van der Waals surface area contributed by atoms with Gasteiger partial charge in [0.15, 0.2) is 0 Å². The van der Waals surface area contributed by atoms with Crippen LogP contribution in [0.2, 0.25) is 5.02 Å². The first-order valence-electron chi connectivity index (χ1n) is 6.15. The van der Waals surface area contributed by atoms with Crippen LogP contribution in [0.15, 0.2) is 42.5 Å². The number of halogens is 1. The van der Waals surface area contributed by atoms with Crippen molar-refractivity contribution in [2.45, 2.75) is 6.54 Å². The van der Waals surface area contributed by atoms with Gasteiger partial charge >= 0.3 is 6.09 Å². The van der Waals surface area contributed by atoms with Crippen LogP contribution in [0.25, 0.3) is 0 Å². The van der Waals surface area contributed by atoms with E-state index in [-0.39, 0.29) is 6.54 Å². The van der Waals surface area contributed by atoms with Crippen LogP contribution in [0, 0.1) is 0 Å². The van der Waals surface area contributed by atoms with E-state index in [1.165, 1.54) is 0 Å². The molecule has 6 heteroatoms. The van der Waals surface area contributed by atoms with Gasteiger partial charge in [-0.1, -0.05) is 23.7 Å². The van der Waals surface area contributed by atoms with Crippen molar-refractivity contribution in [2.75, 3.05) is 7.11 Å². The lowest BCUT2D eigenvalue weighted by Crippen LogP contribution is -2.19. The van der Waals surface area contributed by atoms with Crippen LogP contribution in [-0.2, 0) is 6.54 Å². The minimum atomic E-state index is -1.06. The number of benzene rings is 2. The van der Waals surface area contributed by atoms with E-state index in [2.05, 4.69) is 5.32 Å². The topological polar surface area (TPSA) is 67.8 Å². The molecule has 0 aliphatic rings. The standard InChI is InChI=1S/C15H14ClNO4/c1-20-12-6-7-14(13(16)8-12)21-11-4-2-10(3-5-11)9-17-15(18)19/h2-8,17H,9H2,1H3,(H,18,19). The molecule has 0 aliphatic heterocycles. The molecule has 0 saturated heterocycles. The summed E-state index contributed by atoms with van der Waals surface area (Å²) in [4.78, 5) is 10.4. The van der Waals surface area contributed by atoms with E-state index in [1.807, 2.05) is 0 Å². The highest BCUT2D eigenvalue weighted by Crippen LogP contribution is 2.32. The molecule has 0 unspecified atom stereocenters. The van der Waals surface area contributed by atoms with Crippen LogP contribution >= 0.6 is 11.6 Å². The van der Waals surface area contributed by atoms with E-state index in [9.17, 15) is 4.79 Å². The molecule has 0 heterocycles. The lowest BCUT2D eigenvalue weighted by atomic mass is 10.2. The molecule has 0 radical (unpaired) electrons. The molecule has 110 valence electrons. The Morgan fingerprint density at radius 1 is 1.19 bits per heavy atom. The van der Waals surface area contributed by atoms with E-state index in [0.717, 1.165) is 5.56 Å². The van der Waals surface area contributed by atoms with Gasteiger partial charge in [-0.25, -0.2) is 4.79 Å². The van der Waals surface area contributed by atoms with Crippen LogP contribution in [0.5, 0.6) is 17.2 Å². The lowest BCUT2D eigenvalue weighted by molar-refractivity contribution is 0.194. The predicted octanol–water partition coefficient (Wildman–Crippen LogP) is 3.91. The van der Waals surface area contributed by atoms with Crippen molar-refractivity contribution in [1.29, 1.82) is 0 Å². The highest BCUT2D eigenvalue weighted by molar-refractivity contribution is 6.32. The van der Waals surface area contributed by atoms with Gasteiger partial charge in [0.1, 0.15) is 17.2 Å². The second-order valence-electron chi connectivity index (χ2n) is 4.20. The number of ether oxygens (including phenoxy) is 2. The van der Waals surface area contributed by atoms with Gasteiger partial charge < -0.3 is 19.9 Å². The van der Waals surface area contributed by atoms with E-state index in [4.69, 9.17) is 26.2 Å². The quantitative estimate of drug-likeness (QED) is 0.879. The summed E-state index contributed by atoms with van der Waals surface area (Å²) in [6.45, 7) is 0.249. The summed E-state index contributed by atoms with van der Waals surface area (Å²) >= 11 is 6.09. The number of carboxylic acid groups (broad SMARTS) is 1. The number of rotatable bonds is 5. The molecule has 2 rings (SSSR count). The Morgan fingerprint density at radius 3 is 2.43 bits per heavy atom. The van der Waals surface area contributed by atoms with Crippen LogP contribution in [0.3, 0.4) is 0 Å². The van der Waals surface area contributed by atoms with Crippen molar-refractivity contribution >= 4 is 17.7 Å². The van der Waals surface area contributed by atoms with E-state index >= 15 is 0 Å². The maximum atomic E-state index is 10.4. The Morgan fingerprint density at radius 2 is 1.86 bits per heavy atom. The number of methoxy groups -OCH3 is 1. The summed E-state index contributed by atoms with van der Waals surface area (Å²) in [5.74, 6) is 1.79. The van der Waals surface area contributed by atoms with Crippen LogP contribution < -0.4 is 14.8 Å². The van der Waals surface area contributed by atoms with Crippen molar-refractivity contribution in [3.8, 4) is 17.2 Å². The molecular formula is C15H14ClNO4. The SMILES string of the molecule is COc1ccc(Oc2ccc(CNC(=O)O)cc2)c(Cl)c1. The van der Waals surface area contributed by atoms with E-state index in [0.29, 0.717) is 22.3 Å². The zero-order valence-corrected chi connectivity index (χ0v) is 12.1. The Labute approximate surface area is 127 Å². The third kappa shape index (κ3) is 4.29. The van der Waals surface area contributed by atoms with Gasteiger partial charge in [-0.2, -0.15) is 0 Å². The highest BCUT2D eigenvalue weighted by atomic mass is 35.5. The molecule has 1 amide bonds. The average Bonchev–Trinajstić information content (AvgIpc) is 2.48. The fourth-order valence-corrected chi connectivity index (χ4v) is 1.88. The molecule has 2 N–H and O–H groups in total. The maximum absolute atomic E-state index is 10.4. The van der Waals surface area contributed by atoms with Gasteiger partial charge in [0.25, 0.3) is 0 Å². The lowest BCUT2D eigenvalue weighted by Gasteiger charge is -2.09. The van der Waals surface area contributed by atoms with E-state index in [1.54, 1.807) is 49.6 Å². The number of hydrogen-bond acceptors (Lipinski definition) is 3. The first-order valence-corrected chi connectivity index (χ1v) is 6.53. The van der Waals surface area contributed by atoms with Gasteiger partial charge in [0.2, 0.25) is 0 Å². The van der Waals surface area contributed by atoms with Crippen molar-refractivity contribution in [1.82, 2.24) is 5.32 Å². The molecule has 2 aromatic carbocycles. The summed E-state index contributed by atoms with van der Waals surface area (Å²) in [6, 6.07) is 12.2. The first-order chi connectivity index (χ1) is 10.1. The predicted molar refractivity (Wildman–Crippen MR) is 79.4 cm³/mol. The molecule has 0 bridgehead atoms. The van der Waals surface area contributed by atoms with Crippen molar-refractivity contribution in [2.24, 2.45) is 0 Å². The van der Waals surface area contributed by atoms with Gasteiger partial charge in [-0.05, 0) is 29.8 Å². The van der Waals surface area contributed by atoms with Crippen molar-refractivity contribution in [3.05, 3.63) is 53.1 Å². The van der Waals surface area contributed by atoms with Crippen LogP contribution in [0.4, 0.5) is 4.79 Å². The Balaban J connectivity index is 2.04. The molecule has 0 spiro atoms. The summed E-state index contributed by atoms with van der Waals surface area (Å²) in [7, 11) is 1.57. The third-order valence-corrected chi connectivity index (χ3v) is 3.03. The molecule has 0 aliphatic carbocycles. The smallest absolute Gasteiger partial charge is 0.404 e. The Bertz CT molecular complexity index is 628. The highest BCUT2D eigenvalue weighted by Gasteiger charge is 2.05. The molecule has 0 fully saturated rings. The fourth-order valence-electron chi connectivity index (χ4n) is 1.67. The minimum Gasteiger partial charge on any atom is -0.497 e. The summed E-state index contributed by atoms with van der Waals surface area (Å²) < 4.78 is 10.7. The second kappa shape index (κ2) is 6.85. The van der Waals surface area contributed by atoms with Crippen LogP contribution in [-0.4, -0.2) is 18.3 Å². The summed E-state index contributed by atoms with van der Waals surface area (Å²) in [5.41, 5.74) is 0.838. The molecule has 0 saturated carbocycles. The monoisotopic (exact) mass is 307 g/mol. The molecule has 0 aromatic heterocycles. The fraction of sp³-hybridized carbons (Fsp3) is 0.133. The van der Waals surface area contributed by atoms with E-state index < -0.39 is 6.09 Å². The molecule has 21 heavy (non-hydrogen) atoms. The van der Waals surface area contributed by atoms with Crippen LogP contribution in [0.1, 0.15) is 5.56 Å². The average molecular weight is 308 g/mol. The summed E-state index contributed by atoms with van der Waals surface area (Å²) in [6.07, 6.45) is -1.06. The van der Waals surface area contributed by atoms with Gasteiger partial charge in [-0.3, -0.25) is 0 Å². The Hall–Kier alpha value is -2.40. The number of amides is 1. The van der Waals surface area contributed by atoms with Gasteiger partial charge in [0, 0.05) is 12.6 Å². The molecule has 2 aromatic rings. The molecule has 5 nitrogen and oxygen atoms in total. The first kappa shape index (κ1) is 15.0. The minimum absolute atomic E-state index is 0.249. The molecular weight excluding hydrogens is 294 g/mol. The summed E-state index contributed by atoms with van der Waals surface area (Å²) in [5, 5.41) is 11.3. The number of hydrogen-bond donors (Lipinski definition) is 2. The maximum Gasteiger partial charge on any atom is 0.404 e. The second-order valence-corrected chi connectivity index (χ2v) is 4.61. The molecule has 0 atom stereocenters. The zero-order chi connectivity index (χ0) is 15.2. The van der Waals surface area contributed by atoms with Gasteiger partial charge in [0.05, 0.1) is 12.1 Å². The normalized spacial score (nSPS) is 10.0. The number of nitrogens with one attached hydrogen (secondary N) is 1. The Kier molecular flexibility index (Phi) is 4.90. The van der Waals surface area contributed by atoms with Gasteiger partial charge in [-0.15, -0.1) is 0 Å². The largest absolute Gasteiger partial charge is 0.497 e. The van der Waals surface area contributed by atoms with Crippen molar-refractivity contribution in [3.63, 3.8) is 0 Å². The van der Waals surface area contributed by atoms with Crippen molar-refractivity contribution < 1.29 is 19.4 Å². The zero-order valence-electron chi connectivity index (χ0n) is 11.3. The number of carbonyl (C=O) groups is 1. The third-order valence-electron chi connectivity index (χ3n) is 2.73.